The molecule has 19 heavy (non-hydrogen) atoms. The van der Waals surface area contributed by atoms with E-state index >= 15 is 0 Å². The molecule has 1 aromatic rings. The number of hydrogen-bond donors (Lipinski definition) is 1. The smallest absolute Gasteiger partial charge is 0.0509 e. The maximum atomic E-state index is 5.96. The molecule has 0 radical (unpaired) electrons. The lowest BCUT2D eigenvalue weighted by Crippen LogP contribution is -2.46. The lowest BCUT2D eigenvalue weighted by Gasteiger charge is -2.35. The highest BCUT2D eigenvalue weighted by Crippen LogP contribution is 2.20. The van der Waals surface area contributed by atoms with E-state index in [0.29, 0.717) is 18.5 Å². The second-order valence-corrected chi connectivity index (χ2v) is 5.33. The fraction of sp³-hybridized carbons (Fsp3) is 0.667. The van der Waals surface area contributed by atoms with Gasteiger partial charge >= 0.3 is 0 Å². The van der Waals surface area contributed by atoms with Crippen molar-refractivity contribution in [2.45, 2.75) is 25.3 Å². The van der Waals surface area contributed by atoms with Crippen LogP contribution in [0.1, 0.15) is 18.5 Å². The number of rotatable bonds is 6. The van der Waals surface area contributed by atoms with E-state index in [1.165, 1.54) is 6.42 Å². The summed E-state index contributed by atoms with van der Waals surface area (Å²) in [6.45, 7) is 3.46. The number of hydrogen-bond acceptors (Lipinski definition) is 4. The van der Waals surface area contributed by atoms with Crippen LogP contribution in [0.15, 0.2) is 24.4 Å². The van der Waals surface area contributed by atoms with Crippen LogP contribution in [0.4, 0.5) is 0 Å². The first-order valence-corrected chi connectivity index (χ1v) is 7.19. The standard InChI is InChI=1S/C15H25N3O/c1-18(9-7-14-6-2-3-8-17-14)15(11-16)13-5-4-10-19-12-13/h2-3,6,8,13,15H,4-5,7,9-12,16H2,1H3. The first kappa shape index (κ1) is 14.4. The summed E-state index contributed by atoms with van der Waals surface area (Å²) in [6.07, 6.45) is 5.22. The molecule has 2 atom stereocenters. The van der Waals surface area contributed by atoms with Gasteiger partial charge < -0.3 is 15.4 Å². The summed E-state index contributed by atoms with van der Waals surface area (Å²) >= 11 is 0. The quantitative estimate of drug-likeness (QED) is 0.841. The number of nitrogens with zero attached hydrogens (tertiary/aromatic N) is 2. The normalized spacial score (nSPS) is 21.5. The van der Waals surface area contributed by atoms with Crippen molar-refractivity contribution in [3.63, 3.8) is 0 Å². The SMILES string of the molecule is CN(CCc1ccccn1)C(CN)C1CCCOC1. The highest BCUT2D eigenvalue weighted by molar-refractivity contribution is 5.03. The van der Waals surface area contributed by atoms with Crippen LogP contribution < -0.4 is 5.73 Å². The average Bonchev–Trinajstić information content (AvgIpc) is 2.48. The molecule has 4 heteroatoms. The Morgan fingerprint density at radius 1 is 1.53 bits per heavy atom. The zero-order valence-electron chi connectivity index (χ0n) is 11.8. The molecule has 2 N–H and O–H groups in total. The maximum Gasteiger partial charge on any atom is 0.0509 e. The fourth-order valence-corrected chi connectivity index (χ4v) is 2.80. The third-order valence-electron chi connectivity index (χ3n) is 3.99. The molecule has 0 saturated carbocycles. The van der Waals surface area contributed by atoms with Crippen molar-refractivity contribution in [1.29, 1.82) is 0 Å². The molecule has 0 spiro atoms. The molecule has 1 aliphatic heterocycles. The molecule has 2 rings (SSSR count). The van der Waals surface area contributed by atoms with Gasteiger partial charge in [0.2, 0.25) is 0 Å². The van der Waals surface area contributed by atoms with Crippen LogP contribution in [-0.2, 0) is 11.2 Å². The number of likely N-dealkylation sites (N-methyl/N-ethyl adjacent to an activating group) is 1. The molecule has 2 heterocycles. The monoisotopic (exact) mass is 263 g/mol. The molecule has 2 unspecified atom stereocenters. The van der Waals surface area contributed by atoms with Crippen LogP contribution in [-0.4, -0.2) is 49.3 Å². The Balaban J connectivity index is 1.84. The lowest BCUT2D eigenvalue weighted by molar-refractivity contribution is 0.0175. The van der Waals surface area contributed by atoms with Gasteiger partial charge in [-0.05, 0) is 37.9 Å². The van der Waals surface area contributed by atoms with E-state index in [4.69, 9.17) is 10.5 Å². The third-order valence-corrected chi connectivity index (χ3v) is 3.99. The van der Waals surface area contributed by atoms with Gasteiger partial charge in [-0.3, -0.25) is 4.98 Å². The summed E-state index contributed by atoms with van der Waals surface area (Å²) in [6, 6.07) is 6.49. The number of pyridine rings is 1. The highest BCUT2D eigenvalue weighted by atomic mass is 16.5. The molecule has 1 aromatic heterocycles. The summed E-state index contributed by atoms with van der Waals surface area (Å²) in [5.74, 6) is 0.576. The molecule has 0 aromatic carbocycles. The largest absolute Gasteiger partial charge is 0.381 e. The summed E-state index contributed by atoms with van der Waals surface area (Å²) < 4.78 is 5.58. The van der Waals surface area contributed by atoms with Crippen molar-refractivity contribution in [2.24, 2.45) is 11.7 Å². The zero-order chi connectivity index (χ0) is 13.5. The first-order chi connectivity index (χ1) is 9.31. The Bertz CT molecular complexity index is 352. The van der Waals surface area contributed by atoms with Crippen molar-refractivity contribution in [3.05, 3.63) is 30.1 Å². The summed E-state index contributed by atoms with van der Waals surface area (Å²) in [7, 11) is 2.16. The highest BCUT2D eigenvalue weighted by Gasteiger charge is 2.26. The molecule has 1 saturated heterocycles. The minimum absolute atomic E-state index is 0.420. The van der Waals surface area contributed by atoms with Crippen molar-refractivity contribution in [2.75, 3.05) is 33.4 Å². The third kappa shape index (κ3) is 4.27. The Labute approximate surface area is 116 Å². The molecular formula is C15H25N3O. The summed E-state index contributed by atoms with van der Waals surface area (Å²) in [5.41, 5.74) is 7.10. The Morgan fingerprint density at radius 3 is 3.05 bits per heavy atom. The van der Waals surface area contributed by atoms with Gasteiger partial charge in [-0.1, -0.05) is 6.07 Å². The molecule has 0 amide bonds. The fourth-order valence-electron chi connectivity index (χ4n) is 2.80. The molecule has 0 bridgehead atoms. The predicted molar refractivity (Wildman–Crippen MR) is 77.0 cm³/mol. The van der Waals surface area contributed by atoms with E-state index < -0.39 is 0 Å². The van der Waals surface area contributed by atoms with Gasteiger partial charge in [-0.25, -0.2) is 0 Å². The second kappa shape index (κ2) is 7.58. The van der Waals surface area contributed by atoms with E-state index in [-0.39, 0.29) is 0 Å². The molecule has 4 nitrogen and oxygen atoms in total. The van der Waals surface area contributed by atoms with Crippen molar-refractivity contribution in [1.82, 2.24) is 9.88 Å². The van der Waals surface area contributed by atoms with Gasteiger partial charge in [-0.2, -0.15) is 0 Å². The Hall–Kier alpha value is -0.970. The molecule has 1 fully saturated rings. The average molecular weight is 263 g/mol. The van der Waals surface area contributed by atoms with Crippen LogP contribution in [0.3, 0.4) is 0 Å². The van der Waals surface area contributed by atoms with Gasteiger partial charge in [-0.15, -0.1) is 0 Å². The van der Waals surface area contributed by atoms with Gasteiger partial charge in [0.15, 0.2) is 0 Å². The van der Waals surface area contributed by atoms with E-state index in [1.54, 1.807) is 0 Å². The topological polar surface area (TPSA) is 51.4 Å². The van der Waals surface area contributed by atoms with Crippen LogP contribution >= 0.6 is 0 Å². The van der Waals surface area contributed by atoms with E-state index in [2.05, 4.69) is 23.0 Å². The minimum atomic E-state index is 0.420. The van der Waals surface area contributed by atoms with Crippen LogP contribution in [0.5, 0.6) is 0 Å². The number of ether oxygens (including phenoxy) is 1. The zero-order valence-corrected chi connectivity index (χ0v) is 11.8. The van der Waals surface area contributed by atoms with Gasteiger partial charge in [0.25, 0.3) is 0 Å². The Morgan fingerprint density at radius 2 is 2.42 bits per heavy atom. The van der Waals surface area contributed by atoms with Crippen LogP contribution in [0.2, 0.25) is 0 Å². The lowest BCUT2D eigenvalue weighted by atomic mass is 9.92. The van der Waals surface area contributed by atoms with Crippen molar-refractivity contribution >= 4 is 0 Å². The van der Waals surface area contributed by atoms with Gasteiger partial charge in [0, 0.05) is 44.0 Å². The van der Waals surface area contributed by atoms with Gasteiger partial charge in [0.1, 0.15) is 0 Å². The maximum absolute atomic E-state index is 5.96. The molecule has 106 valence electrons. The molecule has 1 aliphatic rings. The van der Waals surface area contributed by atoms with E-state index in [1.807, 2.05) is 18.3 Å². The van der Waals surface area contributed by atoms with Gasteiger partial charge in [0.05, 0.1) is 6.61 Å². The second-order valence-electron chi connectivity index (χ2n) is 5.33. The summed E-state index contributed by atoms with van der Waals surface area (Å²) in [5, 5.41) is 0. The Kier molecular flexibility index (Phi) is 5.76. The minimum Gasteiger partial charge on any atom is -0.381 e. The number of nitrogens with two attached hydrogens (primary N) is 1. The summed E-state index contributed by atoms with van der Waals surface area (Å²) in [4.78, 5) is 6.73. The van der Waals surface area contributed by atoms with Crippen LogP contribution in [0.25, 0.3) is 0 Å². The van der Waals surface area contributed by atoms with Crippen LogP contribution in [0, 0.1) is 5.92 Å². The first-order valence-electron chi connectivity index (χ1n) is 7.19. The van der Waals surface area contributed by atoms with E-state index in [0.717, 1.165) is 38.3 Å². The van der Waals surface area contributed by atoms with Crippen molar-refractivity contribution < 1.29 is 4.74 Å². The number of aromatic nitrogens is 1. The molecule has 0 aliphatic carbocycles. The molecular weight excluding hydrogens is 238 g/mol. The van der Waals surface area contributed by atoms with E-state index in [9.17, 15) is 0 Å². The van der Waals surface area contributed by atoms with Crippen molar-refractivity contribution in [3.8, 4) is 0 Å². The predicted octanol–water partition coefficient (Wildman–Crippen LogP) is 1.31.